The highest BCUT2D eigenvalue weighted by atomic mass is 32.2. The van der Waals surface area contributed by atoms with Crippen LogP contribution in [-0.4, -0.2) is 25.0 Å². The number of sulfone groups is 1. The van der Waals surface area contributed by atoms with Crippen LogP contribution in [0.3, 0.4) is 0 Å². The van der Waals surface area contributed by atoms with Gasteiger partial charge in [0.05, 0.1) is 6.07 Å². The first-order chi connectivity index (χ1) is 8.90. The first-order valence-corrected chi connectivity index (χ1v) is 8.12. The highest BCUT2D eigenvalue weighted by Gasteiger charge is 2.69. The van der Waals surface area contributed by atoms with E-state index in [1.165, 1.54) is 5.56 Å². The predicted molar refractivity (Wildman–Crippen MR) is 74.3 cm³/mol. The molecule has 2 N–H and O–H groups in total. The second-order valence-corrected chi connectivity index (χ2v) is 7.40. The van der Waals surface area contributed by atoms with Gasteiger partial charge in [0.15, 0.2) is 9.84 Å². The Morgan fingerprint density at radius 2 is 1.89 bits per heavy atom. The van der Waals surface area contributed by atoms with Crippen LogP contribution in [0.15, 0.2) is 24.3 Å². The van der Waals surface area contributed by atoms with Gasteiger partial charge in [-0.15, -0.1) is 0 Å². The van der Waals surface area contributed by atoms with Gasteiger partial charge >= 0.3 is 0 Å². The quantitative estimate of drug-likeness (QED) is 0.901. The third-order valence-corrected chi connectivity index (χ3v) is 6.15. The number of nitrogens with zero attached hydrogens (tertiary/aromatic N) is 1. The largest absolute Gasteiger partial charge is 0.312 e. The lowest BCUT2D eigenvalue weighted by Gasteiger charge is -2.02. The molecule has 1 aliphatic carbocycles. The van der Waals surface area contributed by atoms with Crippen LogP contribution in [0.4, 0.5) is 0 Å². The standard InChI is InChI=1S/C14H18N2O2S/c1-3-10-5-7-11(8-6-10)12-13(14(12,16)9-15)19(17,18)4-2/h5-8,12-13H,3-4,16H2,1-2H3/t12-,13-,14+/m0/s1. The van der Waals surface area contributed by atoms with Gasteiger partial charge in [-0.3, -0.25) is 0 Å². The lowest BCUT2D eigenvalue weighted by Crippen LogP contribution is -2.29. The van der Waals surface area contributed by atoms with Crippen molar-refractivity contribution in [2.45, 2.75) is 37.0 Å². The van der Waals surface area contributed by atoms with E-state index in [2.05, 4.69) is 6.92 Å². The number of nitriles is 1. The molecule has 0 heterocycles. The maximum Gasteiger partial charge on any atom is 0.156 e. The van der Waals surface area contributed by atoms with Gasteiger partial charge < -0.3 is 5.73 Å². The van der Waals surface area contributed by atoms with Crippen molar-refractivity contribution in [3.63, 3.8) is 0 Å². The maximum absolute atomic E-state index is 12.0. The van der Waals surface area contributed by atoms with E-state index in [0.717, 1.165) is 12.0 Å². The normalized spacial score (nSPS) is 29.8. The molecule has 0 saturated heterocycles. The number of hydrogen-bond acceptors (Lipinski definition) is 4. The van der Waals surface area contributed by atoms with Crippen LogP contribution in [0.5, 0.6) is 0 Å². The fraction of sp³-hybridized carbons (Fsp3) is 0.500. The summed E-state index contributed by atoms with van der Waals surface area (Å²) >= 11 is 0. The zero-order valence-electron chi connectivity index (χ0n) is 11.1. The molecule has 1 saturated carbocycles. The second kappa shape index (κ2) is 4.62. The van der Waals surface area contributed by atoms with Gasteiger partial charge in [0, 0.05) is 11.7 Å². The van der Waals surface area contributed by atoms with Gasteiger partial charge in [0.2, 0.25) is 0 Å². The molecular weight excluding hydrogens is 260 g/mol. The summed E-state index contributed by atoms with van der Waals surface area (Å²) in [6.45, 7) is 3.64. The van der Waals surface area contributed by atoms with Crippen LogP contribution < -0.4 is 5.73 Å². The SMILES string of the molecule is CCc1ccc([C@H]2[C@H](S(=O)(=O)CC)[C@@]2(N)C#N)cc1. The van der Waals surface area contributed by atoms with Crippen LogP contribution >= 0.6 is 0 Å². The van der Waals surface area contributed by atoms with Crippen molar-refractivity contribution in [2.24, 2.45) is 5.73 Å². The molecule has 4 nitrogen and oxygen atoms in total. The lowest BCUT2D eigenvalue weighted by atomic mass is 10.0. The van der Waals surface area contributed by atoms with Gasteiger partial charge in [0.1, 0.15) is 10.8 Å². The first-order valence-electron chi connectivity index (χ1n) is 6.41. The summed E-state index contributed by atoms with van der Waals surface area (Å²) in [5, 5.41) is 8.41. The van der Waals surface area contributed by atoms with Crippen molar-refractivity contribution >= 4 is 9.84 Å². The topological polar surface area (TPSA) is 83.9 Å². The predicted octanol–water partition coefficient (Wildman–Crippen LogP) is 1.37. The fourth-order valence-corrected chi connectivity index (χ4v) is 4.47. The highest BCUT2D eigenvalue weighted by molar-refractivity contribution is 7.92. The van der Waals surface area contributed by atoms with Crippen molar-refractivity contribution in [3.05, 3.63) is 35.4 Å². The molecule has 102 valence electrons. The molecule has 0 radical (unpaired) electrons. The van der Waals surface area contributed by atoms with Gasteiger partial charge in [-0.1, -0.05) is 38.1 Å². The Balaban J connectivity index is 2.37. The van der Waals surface area contributed by atoms with E-state index in [0.29, 0.717) is 0 Å². The number of nitrogens with two attached hydrogens (primary N) is 1. The second-order valence-electron chi connectivity index (χ2n) is 4.99. The van der Waals surface area contributed by atoms with E-state index in [1.54, 1.807) is 6.92 Å². The summed E-state index contributed by atoms with van der Waals surface area (Å²) < 4.78 is 24.0. The number of aryl methyl sites for hydroxylation is 1. The highest BCUT2D eigenvalue weighted by Crippen LogP contribution is 2.53. The number of rotatable bonds is 4. The zero-order chi connectivity index (χ0) is 14.3. The Morgan fingerprint density at radius 3 is 2.32 bits per heavy atom. The zero-order valence-corrected chi connectivity index (χ0v) is 11.9. The molecule has 0 bridgehead atoms. The first kappa shape index (κ1) is 14.0. The average molecular weight is 278 g/mol. The molecule has 19 heavy (non-hydrogen) atoms. The summed E-state index contributed by atoms with van der Waals surface area (Å²) in [5.41, 5.74) is 6.70. The van der Waals surface area contributed by atoms with Crippen LogP contribution in [0.25, 0.3) is 0 Å². The third kappa shape index (κ3) is 2.15. The lowest BCUT2D eigenvalue weighted by molar-refractivity contribution is 0.593. The molecule has 1 aromatic carbocycles. The van der Waals surface area contributed by atoms with Crippen molar-refractivity contribution in [2.75, 3.05) is 5.75 Å². The van der Waals surface area contributed by atoms with E-state index in [-0.39, 0.29) is 5.75 Å². The molecule has 2 rings (SSSR count). The Labute approximate surface area is 114 Å². The van der Waals surface area contributed by atoms with Crippen molar-refractivity contribution in [1.82, 2.24) is 0 Å². The maximum atomic E-state index is 12.0. The molecule has 0 amide bonds. The van der Waals surface area contributed by atoms with E-state index in [4.69, 9.17) is 5.73 Å². The Bertz CT molecular complexity index is 616. The molecule has 1 fully saturated rings. The summed E-state index contributed by atoms with van der Waals surface area (Å²) in [5.74, 6) is -0.393. The fourth-order valence-electron chi connectivity index (χ4n) is 2.60. The van der Waals surface area contributed by atoms with Crippen molar-refractivity contribution in [1.29, 1.82) is 5.26 Å². The van der Waals surface area contributed by atoms with Gasteiger partial charge in [-0.05, 0) is 17.5 Å². The molecule has 1 aliphatic rings. The average Bonchev–Trinajstić information content (AvgIpc) is 3.07. The van der Waals surface area contributed by atoms with Gasteiger partial charge in [0.25, 0.3) is 0 Å². The molecule has 0 aliphatic heterocycles. The van der Waals surface area contributed by atoms with Crippen LogP contribution in [-0.2, 0) is 16.3 Å². The molecular formula is C14H18N2O2S. The Kier molecular flexibility index (Phi) is 3.41. The summed E-state index contributed by atoms with van der Waals surface area (Å²) in [4.78, 5) is 0. The third-order valence-electron chi connectivity index (χ3n) is 3.91. The van der Waals surface area contributed by atoms with Gasteiger partial charge in [-0.25, -0.2) is 8.42 Å². The minimum atomic E-state index is -3.31. The Morgan fingerprint density at radius 1 is 1.32 bits per heavy atom. The van der Waals surface area contributed by atoms with E-state index in [9.17, 15) is 13.7 Å². The van der Waals surface area contributed by atoms with Crippen LogP contribution in [0.2, 0.25) is 0 Å². The molecule has 0 aromatic heterocycles. The summed E-state index contributed by atoms with van der Waals surface area (Å²) in [6.07, 6.45) is 0.924. The molecule has 5 heteroatoms. The van der Waals surface area contributed by atoms with Crippen LogP contribution in [0.1, 0.15) is 30.9 Å². The molecule has 1 aromatic rings. The van der Waals surface area contributed by atoms with Crippen molar-refractivity contribution < 1.29 is 8.42 Å². The minimum Gasteiger partial charge on any atom is -0.312 e. The van der Waals surface area contributed by atoms with E-state index < -0.39 is 26.5 Å². The summed E-state index contributed by atoms with van der Waals surface area (Å²) in [6, 6.07) is 9.67. The van der Waals surface area contributed by atoms with Gasteiger partial charge in [-0.2, -0.15) is 5.26 Å². The van der Waals surface area contributed by atoms with E-state index >= 15 is 0 Å². The van der Waals surface area contributed by atoms with E-state index in [1.807, 2.05) is 30.3 Å². The Hall–Kier alpha value is -1.38. The molecule has 0 spiro atoms. The van der Waals surface area contributed by atoms with Crippen LogP contribution in [0, 0.1) is 11.3 Å². The smallest absolute Gasteiger partial charge is 0.156 e. The monoisotopic (exact) mass is 278 g/mol. The molecule has 3 atom stereocenters. The van der Waals surface area contributed by atoms with Crippen molar-refractivity contribution in [3.8, 4) is 6.07 Å². The summed E-state index contributed by atoms with van der Waals surface area (Å²) in [7, 11) is -3.31. The molecule has 0 unspecified atom stereocenters. The minimum absolute atomic E-state index is 0.0157. The number of benzene rings is 1. The number of hydrogen-bond donors (Lipinski definition) is 1.